The van der Waals surface area contributed by atoms with E-state index in [1.165, 1.54) is 26.4 Å². The van der Waals surface area contributed by atoms with Gasteiger partial charge < -0.3 is 4.74 Å². The van der Waals surface area contributed by atoms with Crippen molar-refractivity contribution in [1.82, 2.24) is 0 Å². The van der Waals surface area contributed by atoms with Gasteiger partial charge in [-0.15, -0.1) is 0 Å². The number of hydrogen-bond donors (Lipinski definition) is 0. The monoisotopic (exact) mass is 170 g/mol. The third-order valence-corrected chi connectivity index (χ3v) is 2.96. The lowest BCUT2D eigenvalue weighted by Gasteiger charge is -2.25. The second-order valence-corrected chi connectivity index (χ2v) is 3.65. The predicted octanol–water partition coefficient (Wildman–Crippen LogP) is 2.38. The van der Waals surface area contributed by atoms with Crippen LogP contribution in [0.2, 0.25) is 0 Å². The molecular formula is C10H18O2. The number of esters is 1. The number of methoxy groups -OCH3 is 1. The molecular weight excluding hydrogens is 152 g/mol. The molecule has 0 radical (unpaired) electrons. The molecule has 70 valence electrons. The Morgan fingerprint density at radius 3 is 2.33 bits per heavy atom. The van der Waals surface area contributed by atoms with E-state index in [0.717, 1.165) is 18.8 Å². The lowest BCUT2D eigenvalue weighted by molar-refractivity contribution is -0.146. The first kappa shape index (κ1) is 9.56. The molecule has 2 nitrogen and oxygen atoms in total. The first-order valence-corrected chi connectivity index (χ1v) is 4.85. The van der Waals surface area contributed by atoms with Gasteiger partial charge in [-0.1, -0.05) is 13.3 Å². The molecule has 1 aliphatic carbocycles. The second-order valence-electron chi connectivity index (χ2n) is 3.65. The van der Waals surface area contributed by atoms with E-state index in [1.807, 2.05) is 0 Å². The van der Waals surface area contributed by atoms with Crippen molar-refractivity contribution in [1.29, 1.82) is 0 Å². The molecule has 0 N–H and O–H groups in total. The van der Waals surface area contributed by atoms with Crippen LogP contribution in [-0.4, -0.2) is 13.1 Å². The van der Waals surface area contributed by atoms with E-state index in [1.54, 1.807) is 0 Å². The summed E-state index contributed by atoms with van der Waals surface area (Å²) >= 11 is 0. The third kappa shape index (κ3) is 2.23. The van der Waals surface area contributed by atoms with Crippen LogP contribution in [0.25, 0.3) is 0 Å². The Morgan fingerprint density at radius 2 is 1.92 bits per heavy atom. The van der Waals surface area contributed by atoms with Crippen molar-refractivity contribution in [3.8, 4) is 0 Å². The fourth-order valence-corrected chi connectivity index (χ4v) is 1.97. The van der Waals surface area contributed by atoms with Gasteiger partial charge in [-0.3, -0.25) is 4.79 Å². The summed E-state index contributed by atoms with van der Waals surface area (Å²) in [6.07, 6.45) is 5.73. The summed E-state index contributed by atoms with van der Waals surface area (Å²) in [5, 5.41) is 0. The normalized spacial score (nSPS) is 29.8. The van der Waals surface area contributed by atoms with Crippen molar-refractivity contribution in [2.24, 2.45) is 11.8 Å². The summed E-state index contributed by atoms with van der Waals surface area (Å²) in [7, 11) is 1.48. The van der Waals surface area contributed by atoms with E-state index in [-0.39, 0.29) is 11.9 Å². The van der Waals surface area contributed by atoms with Gasteiger partial charge in [-0.25, -0.2) is 0 Å². The number of hydrogen-bond acceptors (Lipinski definition) is 2. The predicted molar refractivity (Wildman–Crippen MR) is 47.8 cm³/mol. The van der Waals surface area contributed by atoms with Gasteiger partial charge in [0, 0.05) is 0 Å². The smallest absolute Gasteiger partial charge is 0.308 e. The maximum atomic E-state index is 11.1. The lowest BCUT2D eigenvalue weighted by Crippen LogP contribution is -2.22. The Labute approximate surface area is 74.3 Å². The topological polar surface area (TPSA) is 26.3 Å². The van der Waals surface area contributed by atoms with E-state index in [0.29, 0.717) is 0 Å². The Balaban J connectivity index is 2.30. The van der Waals surface area contributed by atoms with E-state index in [9.17, 15) is 4.79 Å². The molecule has 1 rings (SSSR count). The van der Waals surface area contributed by atoms with Crippen LogP contribution < -0.4 is 0 Å². The largest absolute Gasteiger partial charge is 0.469 e. The molecule has 0 amide bonds. The summed E-state index contributed by atoms with van der Waals surface area (Å²) in [6.45, 7) is 2.23. The zero-order valence-corrected chi connectivity index (χ0v) is 8.01. The average Bonchev–Trinajstić information content (AvgIpc) is 2.17. The molecule has 12 heavy (non-hydrogen) atoms. The maximum absolute atomic E-state index is 11.1. The average molecular weight is 170 g/mol. The van der Waals surface area contributed by atoms with E-state index in [4.69, 9.17) is 4.74 Å². The summed E-state index contributed by atoms with van der Waals surface area (Å²) < 4.78 is 4.72. The Bertz CT molecular complexity index is 146. The number of carbonyl (C=O) groups is 1. The number of carbonyl (C=O) groups excluding carboxylic acids is 1. The summed E-state index contributed by atoms with van der Waals surface area (Å²) in [6, 6.07) is 0. The molecule has 0 atom stereocenters. The van der Waals surface area contributed by atoms with E-state index >= 15 is 0 Å². The molecule has 1 fully saturated rings. The van der Waals surface area contributed by atoms with Crippen LogP contribution in [0.5, 0.6) is 0 Å². The van der Waals surface area contributed by atoms with Crippen molar-refractivity contribution in [3.05, 3.63) is 0 Å². The zero-order chi connectivity index (χ0) is 8.97. The SMILES string of the molecule is CC[C@H]1CC[C@@H](C(=O)OC)CC1. The van der Waals surface area contributed by atoms with Crippen LogP contribution in [-0.2, 0) is 9.53 Å². The van der Waals surface area contributed by atoms with Crippen molar-refractivity contribution in [2.75, 3.05) is 7.11 Å². The standard InChI is InChI=1S/C10H18O2/c1-3-8-4-6-9(7-5-8)10(11)12-2/h8-9H,3-7H2,1-2H3/t8-,9+. The first-order chi connectivity index (χ1) is 5.77. The Kier molecular flexibility index (Phi) is 3.57. The Hall–Kier alpha value is -0.530. The molecule has 0 aromatic rings. The Morgan fingerprint density at radius 1 is 1.33 bits per heavy atom. The molecule has 0 aliphatic heterocycles. The van der Waals surface area contributed by atoms with E-state index in [2.05, 4.69) is 6.92 Å². The highest BCUT2D eigenvalue weighted by atomic mass is 16.5. The van der Waals surface area contributed by atoms with Crippen molar-refractivity contribution >= 4 is 5.97 Å². The van der Waals surface area contributed by atoms with Gasteiger partial charge in [0.15, 0.2) is 0 Å². The fourth-order valence-electron chi connectivity index (χ4n) is 1.97. The summed E-state index contributed by atoms with van der Waals surface area (Å²) in [5.74, 6) is 1.04. The summed E-state index contributed by atoms with van der Waals surface area (Å²) in [4.78, 5) is 11.1. The minimum absolute atomic E-state index is 0.00967. The molecule has 0 aromatic heterocycles. The van der Waals surface area contributed by atoms with E-state index < -0.39 is 0 Å². The highest BCUT2D eigenvalue weighted by molar-refractivity contribution is 5.72. The molecule has 1 saturated carbocycles. The van der Waals surface area contributed by atoms with Gasteiger partial charge in [0.05, 0.1) is 13.0 Å². The van der Waals surface area contributed by atoms with Crippen molar-refractivity contribution in [2.45, 2.75) is 39.0 Å². The minimum atomic E-state index is -0.00967. The first-order valence-electron chi connectivity index (χ1n) is 4.85. The fraction of sp³-hybridized carbons (Fsp3) is 0.900. The summed E-state index contributed by atoms with van der Waals surface area (Å²) in [5.41, 5.74) is 0. The third-order valence-electron chi connectivity index (χ3n) is 2.96. The number of rotatable bonds is 2. The lowest BCUT2D eigenvalue weighted by atomic mass is 9.81. The van der Waals surface area contributed by atoms with Gasteiger partial charge >= 0.3 is 5.97 Å². The molecule has 2 heteroatoms. The van der Waals surface area contributed by atoms with Gasteiger partial charge in [-0.05, 0) is 31.6 Å². The molecule has 0 unspecified atom stereocenters. The molecule has 0 spiro atoms. The van der Waals surface area contributed by atoms with Gasteiger partial charge in [0.1, 0.15) is 0 Å². The highest BCUT2D eigenvalue weighted by Gasteiger charge is 2.25. The van der Waals surface area contributed by atoms with Crippen LogP contribution in [0.15, 0.2) is 0 Å². The molecule has 0 saturated heterocycles. The second kappa shape index (κ2) is 4.48. The van der Waals surface area contributed by atoms with Crippen LogP contribution >= 0.6 is 0 Å². The quantitative estimate of drug-likeness (QED) is 0.595. The minimum Gasteiger partial charge on any atom is -0.469 e. The van der Waals surface area contributed by atoms with Crippen LogP contribution in [0, 0.1) is 11.8 Å². The van der Waals surface area contributed by atoms with Crippen LogP contribution in [0.1, 0.15) is 39.0 Å². The van der Waals surface area contributed by atoms with Crippen molar-refractivity contribution < 1.29 is 9.53 Å². The van der Waals surface area contributed by atoms with Gasteiger partial charge in [-0.2, -0.15) is 0 Å². The van der Waals surface area contributed by atoms with Gasteiger partial charge in [0.25, 0.3) is 0 Å². The van der Waals surface area contributed by atoms with Crippen LogP contribution in [0.4, 0.5) is 0 Å². The van der Waals surface area contributed by atoms with Gasteiger partial charge in [0.2, 0.25) is 0 Å². The van der Waals surface area contributed by atoms with Crippen LogP contribution in [0.3, 0.4) is 0 Å². The molecule has 1 aliphatic rings. The molecule has 0 aromatic carbocycles. The van der Waals surface area contributed by atoms with Crippen molar-refractivity contribution in [3.63, 3.8) is 0 Å². The number of ether oxygens (including phenoxy) is 1. The molecule has 0 heterocycles. The maximum Gasteiger partial charge on any atom is 0.308 e. The highest BCUT2D eigenvalue weighted by Crippen LogP contribution is 2.30. The zero-order valence-electron chi connectivity index (χ0n) is 8.01. The molecule has 0 bridgehead atoms.